The Morgan fingerprint density at radius 2 is 2.17 bits per heavy atom. The van der Waals surface area contributed by atoms with Crippen LogP contribution in [0.2, 0.25) is 5.02 Å². The van der Waals surface area contributed by atoms with E-state index in [1.165, 1.54) is 12.1 Å². The molecule has 0 unspecified atom stereocenters. The number of carbonyl (C=O) groups excluding carboxylic acids is 1. The number of fused-ring (bicyclic) bond motifs is 1. The normalized spacial score (nSPS) is 12.1. The van der Waals surface area contributed by atoms with Gasteiger partial charge in [0.05, 0.1) is 15.2 Å². The van der Waals surface area contributed by atoms with E-state index >= 15 is 0 Å². The van der Waals surface area contributed by atoms with Crippen molar-refractivity contribution in [2.24, 2.45) is 0 Å². The highest BCUT2D eigenvalue weighted by atomic mass is 79.9. The lowest BCUT2D eigenvalue weighted by molar-refractivity contribution is 0.173. The first kappa shape index (κ1) is 15.9. The molecule has 0 spiro atoms. The van der Waals surface area contributed by atoms with Crippen molar-refractivity contribution in [1.29, 1.82) is 0 Å². The van der Waals surface area contributed by atoms with Gasteiger partial charge < -0.3 is 20.1 Å². The molecule has 0 radical (unpaired) electrons. The van der Waals surface area contributed by atoms with Crippen LogP contribution in [0.1, 0.15) is 5.56 Å². The average Bonchev–Trinajstić information content (AvgIpc) is 2.99. The minimum absolute atomic E-state index is 0.0156. The number of carbonyl (C=O) groups is 1. The van der Waals surface area contributed by atoms with Crippen molar-refractivity contribution in [1.82, 2.24) is 5.32 Å². The lowest BCUT2D eigenvalue weighted by Gasteiger charge is -2.10. The number of benzene rings is 2. The largest absolute Gasteiger partial charge is 0.454 e. The van der Waals surface area contributed by atoms with Crippen LogP contribution in [-0.2, 0) is 6.54 Å². The van der Waals surface area contributed by atoms with Crippen LogP contribution in [0.25, 0.3) is 0 Å². The van der Waals surface area contributed by atoms with Crippen molar-refractivity contribution < 1.29 is 18.7 Å². The number of hydrogen-bond acceptors (Lipinski definition) is 3. The van der Waals surface area contributed by atoms with Gasteiger partial charge in [-0.05, 0) is 45.8 Å². The summed E-state index contributed by atoms with van der Waals surface area (Å²) < 4.78 is 25.1. The predicted molar refractivity (Wildman–Crippen MR) is 87.5 cm³/mol. The van der Waals surface area contributed by atoms with Crippen LogP contribution < -0.4 is 20.1 Å². The number of ether oxygens (including phenoxy) is 2. The molecule has 2 aromatic rings. The first-order valence-electron chi connectivity index (χ1n) is 6.61. The van der Waals surface area contributed by atoms with Crippen LogP contribution in [-0.4, -0.2) is 12.8 Å². The highest BCUT2D eigenvalue weighted by Crippen LogP contribution is 2.39. The van der Waals surface area contributed by atoms with Gasteiger partial charge >= 0.3 is 6.03 Å². The third kappa shape index (κ3) is 3.51. The molecule has 1 heterocycles. The molecule has 5 nitrogen and oxygen atoms in total. The van der Waals surface area contributed by atoms with Crippen molar-refractivity contribution in [3.05, 3.63) is 51.2 Å². The summed E-state index contributed by atoms with van der Waals surface area (Å²) in [4.78, 5) is 11.9. The van der Waals surface area contributed by atoms with Crippen LogP contribution in [0.15, 0.2) is 34.8 Å². The third-order valence-electron chi connectivity index (χ3n) is 3.14. The van der Waals surface area contributed by atoms with E-state index in [0.29, 0.717) is 11.5 Å². The Labute approximate surface area is 144 Å². The van der Waals surface area contributed by atoms with Gasteiger partial charge in [0.25, 0.3) is 0 Å². The van der Waals surface area contributed by atoms with Crippen LogP contribution in [0.4, 0.5) is 14.9 Å². The van der Waals surface area contributed by atoms with Gasteiger partial charge in [-0.3, -0.25) is 0 Å². The van der Waals surface area contributed by atoms with Gasteiger partial charge in [-0.25, -0.2) is 9.18 Å². The van der Waals surface area contributed by atoms with Crippen molar-refractivity contribution in [3.63, 3.8) is 0 Å². The minimum Gasteiger partial charge on any atom is -0.454 e. The van der Waals surface area contributed by atoms with Gasteiger partial charge in [-0.15, -0.1) is 0 Å². The second kappa shape index (κ2) is 6.64. The lowest BCUT2D eigenvalue weighted by Crippen LogP contribution is -2.28. The number of anilines is 1. The monoisotopic (exact) mass is 400 g/mol. The number of hydrogen-bond donors (Lipinski definition) is 2. The van der Waals surface area contributed by atoms with Crippen LogP contribution in [0.5, 0.6) is 11.5 Å². The van der Waals surface area contributed by atoms with Gasteiger partial charge in [0.1, 0.15) is 0 Å². The summed E-state index contributed by atoms with van der Waals surface area (Å²) >= 11 is 9.04. The molecule has 0 aliphatic carbocycles. The zero-order chi connectivity index (χ0) is 16.4. The zero-order valence-electron chi connectivity index (χ0n) is 11.7. The smallest absolute Gasteiger partial charge is 0.319 e. The van der Waals surface area contributed by atoms with E-state index in [-0.39, 0.29) is 24.0 Å². The molecule has 2 N–H and O–H groups in total. The number of rotatable bonds is 3. The molecule has 0 bridgehead atoms. The second-order valence-corrected chi connectivity index (χ2v) is 5.98. The first-order valence-corrected chi connectivity index (χ1v) is 7.78. The van der Waals surface area contributed by atoms with Crippen molar-refractivity contribution in [2.45, 2.75) is 6.54 Å². The second-order valence-electron chi connectivity index (χ2n) is 4.72. The summed E-state index contributed by atoms with van der Waals surface area (Å²) in [5.74, 6) is 0.576. The standard InChI is InChI=1S/C15H11BrClFN2O3/c16-9-4-8(5-12-14(9)23-7-22-12)6-19-15(21)20-11-3-1-2-10(17)13(11)18/h1-5H,6-7H2,(H2,19,20,21). The Balaban J connectivity index is 1.63. The number of nitrogens with one attached hydrogen (secondary N) is 2. The molecular weight excluding hydrogens is 391 g/mol. The molecule has 0 fully saturated rings. The summed E-state index contributed by atoms with van der Waals surface area (Å²) in [6, 6.07) is 7.43. The fourth-order valence-corrected chi connectivity index (χ4v) is 2.85. The molecular formula is C15H11BrClFN2O3. The van der Waals surface area contributed by atoms with Crippen LogP contribution in [0, 0.1) is 5.82 Å². The predicted octanol–water partition coefficient (Wildman–Crippen LogP) is 4.29. The molecule has 1 aliphatic heterocycles. The summed E-state index contributed by atoms with van der Waals surface area (Å²) in [5, 5.41) is 4.99. The summed E-state index contributed by atoms with van der Waals surface area (Å²) in [5.41, 5.74) is 0.824. The van der Waals surface area contributed by atoms with E-state index in [1.807, 2.05) is 6.07 Å². The molecule has 0 atom stereocenters. The molecule has 8 heteroatoms. The maximum absolute atomic E-state index is 13.7. The van der Waals surface area contributed by atoms with Crippen molar-refractivity contribution in [2.75, 3.05) is 12.1 Å². The van der Waals surface area contributed by atoms with Crippen molar-refractivity contribution in [3.8, 4) is 11.5 Å². The van der Waals surface area contributed by atoms with Crippen LogP contribution >= 0.6 is 27.5 Å². The van der Waals surface area contributed by atoms with E-state index in [4.69, 9.17) is 21.1 Å². The van der Waals surface area contributed by atoms with E-state index in [0.717, 1.165) is 10.0 Å². The molecule has 3 rings (SSSR count). The highest BCUT2D eigenvalue weighted by Gasteiger charge is 2.18. The Hall–Kier alpha value is -1.99. The Kier molecular flexibility index (Phi) is 4.58. The Morgan fingerprint density at radius 3 is 3.00 bits per heavy atom. The molecule has 23 heavy (non-hydrogen) atoms. The number of halogens is 3. The summed E-state index contributed by atoms with van der Waals surface area (Å²) in [6.45, 7) is 0.405. The summed E-state index contributed by atoms with van der Waals surface area (Å²) in [7, 11) is 0. The highest BCUT2D eigenvalue weighted by molar-refractivity contribution is 9.10. The maximum atomic E-state index is 13.7. The fraction of sp³-hybridized carbons (Fsp3) is 0.133. The molecule has 120 valence electrons. The molecule has 0 aromatic heterocycles. The minimum atomic E-state index is -0.671. The van der Waals surface area contributed by atoms with Crippen LogP contribution in [0.3, 0.4) is 0 Å². The first-order chi connectivity index (χ1) is 11.0. The Morgan fingerprint density at radius 1 is 1.35 bits per heavy atom. The van der Waals surface area contributed by atoms with E-state index in [1.54, 1.807) is 12.1 Å². The molecule has 0 saturated heterocycles. The fourth-order valence-electron chi connectivity index (χ4n) is 2.07. The Bertz CT molecular complexity index is 773. The maximum Gasteiger partial charge on any atom is 0.319 e. The zero-order valence-corrected chi connectivity index (χ0v) is 14.0. The topological polar surface area (TPSA) is 59.6 Å². The molecule has 2 amide bonds. The van der Waals surface area contributed by atoms with Gasteiger partial charge in [0.15, 0.2) is 17.3 Å². The molecule has 2 aromatic carbocycles. The lowest BCUT2D eigenvalue weighted by atomic mass is 10.2. The van der Waals surface area contributed by atoms with Gasteiger partial charge in [-0.2, -0.15) is 0 Å². The molecule has 1 aliphatic rings. The number of amides is 2. The number of urea groups is 1. The van der Waals surface area contributed by atoms with Gasteiger partial charge in [0, 0.05) is 6.54 Å². The van der Waals surface area contributed by atoms with Crippen molar-refractivity contribution >= 4 is 39.2 Å². The average molecular weight is 402 g/mol. The van der Waals surface area contributed by atoms with E-state index in [2.05, 4.69) is 26.6 Å². The summed E-state index contributed by atoms with van der Waals surface area (Å²) in [6.07, 6.45) is 0. The SMILES string of the molecule is O=C(NCc1cc(Br)c2c(c1)OCO2)Nc1cccc(Cl)c1F. The van der Waals surface area contributed by atoms with E-state index < -0.39 is 11.8 Å². The molecule has 0 saturated carbocycles. The van der Waals surface area contributed by atoms with Gasteiger partial charge in [0.2, 0.25) is 6.79 Å². The van der Waals surface area contributed by atoms with E-state index in [9.17, 15) is 9.18 Å². The third-order valence-corrected chi connectivity index (χ3v) is 4.02. The van der Waals surface area contributed by atoms with Gasteiger partial charge in [-0.1, -0.05) is 17.7 Å². The quantitative estimate of drug-likeness (QED) is 0.806.